The van der Waals surface area contributed by atoms with Gasteiger partial charge in [0.25, 0.3) is 10.2 Å². The second-order valence-electron chi connectivity index (χ2n) is 8.39. The van der Waals surface area contributed by atoms with Crippen LogP contribution < -0.4 is 0 Å². The monoisotopic (exact) mass is 386 g/mol. The van der Waals surface area contributed by atoms with E-state index in [2.05, 4.69) is 18.7 Å². The molecule has 150 valence electrons. The number of amides is 1. The predicted molar refractivity (Wildman–Crippen MR) is 102 cm³/mol. The molecule has 0 bridgehead atoms. The van der Waals surface area contributed by atoms with E-state index in [0.29, 0.717) is 57.6 Å². The van der Waals surface area contributed by atoms with Crippen molar-refractivity contribution in [3.05, 3.63) is 0 Å². The lowest BCUT2D eigenvalue weighted by atomic mass is 9.94. The van der Waals surface area contributed by atoms with Crippen LogP contribution in [0.4, 0.5) is 0 Å². The molecule has 0 aromatic rings. The highest BCUT2D eigenvalue weighted by molar-refractivity contribution is 7.86. The minimum absolute atomic E-state index is 0.194. The number of hydrogen-bond acceptors (Lipinski definition) is 4. The molecule has 3 saturated heterocycles. The van der Waals surface area contributed by atoms with E-state index < -0.39 is 10.2 Å². The number of carbonyl (C=O) groups is 1. The van der Waals surface area contributed by atoms with Crippen molar-refractivity contribution in [1.82, 2.24) is 18.4 Å². The van der Waals surface area contributed by atoms with Crippen molar-refractivity contribution in [3.8, 4) is 0 Å². The molecule has 2 unspecified atom stereocenters. The molecule has 0 radical (unpaired) electrons. The molecular weight excluding hydrogens is 352 g/mol. The molecular formula is C18H34N4O3S. The average molecular weight is 387 g/mol. The third-order valence-electron chi connectivity index (χ3n) is 5.89. The molecule has 3 aliphatic rings. The third-order valence-corrected chi connectivity index (χ3v) is 7.86. The summed E-state index contributed by atoms with van der Waals surface area (Å²) in [5.41, 5.74) is 0. The zero-order valence-corrected chi connectivity index (χ0v) is 17.1. The molecule has 0 aromatic heterocycles. The summed E-state index contributed by atoms with van der Waals surface area (Å²) in [6.45, 7) is 9.91. The summed E-state index contributed by atoms with van der Waals surface area (Å²) in [6.07, 6.45) is 4.52. The Balaban J connectivity index is 1.50. The lowest BCUT2D eigenvalue weighted by Crippen LogP contribution is -2.56. The molecule has 3 rings (SSSR count). The van der Waals surface area contributed by atoms with Gasteiger partial charge >= 0.3 is 0 Å². The predicted octanol–water partition coefficient (Wildman–Crippen LogP) is 0.839. The fourth-order valence-corrected chi connectivity index (χ4v) is 6.35. The number of piperazine rings is 1. The maximum Gasteiger partial charge on any atom is 0.282 e. The highest BCUT2D eigenvalue weighted by atomic mass is 32.2. The molecule has 8 heteroatoms. The minimum atomic E-state index is -3.38. The maximum atomic E-state index is 13.0. The van der Waals surface area contributed by atoms with Gasteiger partial charge in [-0.2, -0.15) is 17.0 Å². The van der Waals surface area contributed by atoms with E-state index in [1.807, 2.05) is 4.90 Å². The number of piperidine rings is 2. The Labute approximate surface area is 158 Å². The van der Waals surface area contributed by atoms with Gasteiger partial charge < -0.3 is 4.90 Å². The molecule has 2 atom stereocenters. The van der Waals surface area contributed by atoms with Gasteiger partial charge in [-0.05, 0) is 37.5 Å². The van der Waals surface area contributed by atoms with Gasteiger partial charge in [-0.25, -0.2) is 0 Å². The van der Waals surface area contributed by atoms with Gasteiger partial charge in [0.1, 0.15) is 0 Å². The van der Waals surface area contributed by atoms with E-state index in [0.717, 1.165) is 32.4 Å². The zero-order valence-electron chi connectivity index (χ0n) is 16.3. The van der Waals surface area contributed by atoms with Gasteiger partial charge in [0, 0.05) is 52.4 Å². The summed E-state index contributed by atoms with van der Waals surface area (Å²) in [5.74, 6) is 1.02. The van der Waals surface area contributed by atoms with Crippen LogP contribution in [0.25, 0.3) is 0 Å². The highest BCUT2D eigenvalue weighted by Crippen LogP contribution is 2.25. The summed E-state index contributed by atoms with van der Waals surface area (Å²) >= 11 is 0. The first kappa shape index (κ1) is 20.0. The third kappa shape index (κ3) is 4.77. The number of likely N-dealkylation sites (tertiary alicyclic amines) is 1. The van der Waals surface area contributed by atoms with Crippen LogP contribution in [0.2, 0.25) is 0 Å². The lowest BCUT2D eigenvalue weighted by molar-refractivity contribution is -0.133. The second-order valence-corrected chi connectivity index (χ2v) is 10.3. The Hall–Kier alpha value is -0.700. The van der Waals surface area contributed by atoms with Crippen LogP contribution in [-0.4, -0.2) is 91.6 Å². The van der Waals surface area contributed by atoms with Gasteiger partial charge in [0.05, 0.1) is 6.54 Å². The Morgan fingerprint density at radius 2 is 1.42 bits per heavy atom. The number of nitrogens with zero attached hydrogens (tertiary/aromatic N) is 4. The van der Waals surface area contributed by atoms with Crippen LogP contribution in [-0.2, 0) is 15.0 Å². The van der Waals surface area contributed by atoms with Crippen LogP contribution in [0, 0.1) is 11.8 Å². The van der Waals surface area contributed by atoms with E-state index >= 15 is 0 Å². The van der Waals surface area contributed by atoms with Crippen molar-refractivity contribution in [3.63, 3.8) is 0 Å². The lowest BCUT2D eigenvalue weighted by Gasteiger charge is -2.40. The molecule has 26 heavy (non-hydrogen) atoms. The number of carbonyl (C=O) groups excluding carboxylic acids is 1. The van der Waals surface area contributed by atoms with Crippen molar-refractivity contribution in [1.29, 1.82) is 0 Å². The largest absolute Gasteiger partial charge is 0.342 e. The van der Waals surface area contributed by atoms with Gasteiger partial charge in [-0.3, -0.25) is 9.69 Å². The smallest absolute Gasteiger partial charge is 0.282 e. The average Bonchev–Trinajstić information content (AvgIpc) is 2.62. The molecule has 0 saturated carbocycles. The summed E-state index contributed by atoms with van der Waals surface area (Å²) in [6, 6.07) is 0. The molecule has 0 spiro atoms. The SMILES string of the molecule is CC1CC(C)CN(S(=O)(=O)N2CCN(CC(=O)N3CCCCC3)CC2)C1. The molecule has 0 aliphatic carbocycles. The molecule has 1 amide bonds. The Morgan fingerprint density at radius 1 is 0.846 bits per heavy atom. The standard InChI is InChI=1S/C18H34N4O3S/c1-16-12-17(2)14-22(13-16)26(24,25)21-10-8-19(9-11-21)15-18(23)20-6-4-3-5-7-20/h16-17H,3-15H2,1-2H3. The zero-order chi connectivity index (χ0) is 18.7. The molecule has 0 aromatic carbocycles. The van der Waals surface area contributed by atoms with E-state index in [4.69, 9.17) is 0 Å². The van der Waals surface area contributed by atoms with Gasteiger partial charge in [0.2, 0.25) is 5.91 Å². The first-order valence-corrected chi connectivity index (χ1v) is 11.5. The van der Waals surface area contributed by atoms with E-state index in [-0.39, 0.29) is 5.91 Å². The van der Waals surface area contributed by atoms with E-state index in [1.54, 1.807) is 8.61 Å². The fraction of sp³-hybridized carbons (Fsp3) is 0.944. The number of hydrogen-bond donors (Lipinski definition) is 0. The number of rotatable bonds is 4. The Morgan fingerprint density at radius 3 is 2.00 bits per heavy atom. The topological polar surface area (TPSA) is 64.2 Å². The normalized spacial score (nSPS) is 30.5. The van der Waals surface area contributed by atoms with Gasteiger partial charge in [-0.1, -0.05) is 13.8 Å². The van der Waals surface area contributed by atoms with Crippen molar-refractivity contribution in [2.24, 2.45) is 11.8 Å². The first-order valence-electron chi connectivity index (χ1n) is 10.1. The van der Waals surface area contributed by atoms with Crippen molar-refractivity contribution in [2.45, 2.75) is 39.5 Å². The van der Waals surface area contributed by atoms with Crippen LogP contribution in [0.3, 0.4) is 0 Å². The van der Waals surface area contributed by atoms with E-state index in [9.17, 15) is 13.2 Å². The fourth-order valence-electron chi connectivity index (χ4n) is 4.51. The molecule has 7 nitrogen and oxygen atoms in total. The highest BCUT2D eigenvalue weighted by Gasteiger charge is 2.36. The van der Waals surface area contributed by atoms with Gasteiger partial charge in [0.15, 0.2) is 0 Å². The molecule has 3 fully saturated rings. The van der Waals surface area contributed by atoms with Crippen LogP contribution >= 0.6 is 0 Å². The van der Waals surface area contributed by atoms with Crippen LogP contribution in [0.5, 0.6) is 0 Å². The van der Waals surface area contributed by atoms with Crippen LogP contribution in [0.1, 0.15) is 39.5 Å². The molecule has 3 aliphatic heterocycles. The second kappa shape index (κ2) is 8.54. The van der Waals surface area contributed by atoms with Crippen LogP contribution in [0.15, 0.2) is 0 Å². The summed E-state index contributed by atoms with van der Waals surface area (Å²) < 4.78 is 29.2. The van der Waals surface area contributed by atoms with Gasteiger partial charge in [-0.15, -0.1) is 0 Å². The summed E-state index contributed by atoms with van der Waals surface area (Å²) in [7, 11) is -3.38. The molecule has 3 heterocycles. The summed E-state index contributed by atoms with van der Waals surface area (Å²) in [4.78, 5) is 16.5. The van der Waals surface area contributed by atoms with Crippen molar-refractivity contribution in [2.75, 3.05) is 58.9 Å². The Kier molecular flexibility index (Phi) is 6.59. The maximum absolute atomic E-state index is 13.0. The first-order chi connectivity index (χ1) is 12.4. The summed E-state index contributed by atoms with van der Waals surface area (Å²) in [5, 5.41) is 0. The Bertz CT molecular complexity index is 573. The minimum Gasteiger partial charge on any atom is -0.342 e. The van der Waals surface area contributed by atoms with Crippen molar-refractivity contribution < 1.29 is 13.2 Å². The van der Waals surface area contributed by atoms with Crippen molar-refractivity contribution >= 4 is 16.1 Å². The van der Waals surface area contributed by atoms with E-state index in [1.165, 1.54) is 6.42 Å². The molecule has 0 N–H and O–H groups in total. The quantitative estimate of drug-likeness (QED) is 0.718.